The molecule has 1 heterocycles. The zero-order chi connectivity index (χ0) is 14.8. The summed E-state index contributed by atoms with van der Waals surface area (Å²) >= 11 is 9.08. The lowest BCUT2D eigenvalue weighted by atomic mass is 10.1. The molecule has 0 amide bonds. The van der Waals surface area contributed by atoms with E-state index in [4.69, 9.17) is 16.1 Å². The highest BCUT2D eigenvalue weighted by molar-refractivity contribution is 9.10. The zero-order valence-corrected chi connectivity index (χ0v) is 13.1. The van der Waals surface area contributed by atoms with Gasteiger partial charge in [-0.2, -0.15) is 4.98 Å². The minimum absolute atomic E-state index is 0.130. The van der Waals surface area contributed by atoms with Crippen LogP contribution >= 0.6 is 27.5 Å². The van der Waals surface area contributed by atoms with Crippen molar-refractivity contribution >= 4 is 27.5 Å². The van der Waals surface area contributed by atoms with Gasteiger partial charge in [-0.05, 0) is 51.8 Å². The van der Waals surface area contributed by atoms with Gasteiger partial charge >= 0.3 is 0 Å². The third kappa shape index (κ3) is 3.25. The van der Waals surface area contributed by atoms with Crippen LogP contribution in [0.3, 0.4) is 0 Å². The maximum Gasteiger partial charge on any atom is 0.258 e. The maximum absolute atomic E-state index is 9.68. The molecule has 0 saturated carbocycles. The van der Waals surface area contributed by atoms with E-state index in [0.717, 1.165) is 5.56 Å². The fourth-order valence-corrected chi connectivity index (χ4v) is 2.25. The summed E-state index contributed by atoms with van der Waals surface area (Å²) in [6.07, 6.45) is 0.559. The largest absolute Gasteiger partial charge is 0.507 e. The van der Waals surface area contributed by atoms with Crippen LogP contribution in [0.1, 0.15) is 11.4 Å². The molecule has 0 aliphatic heterocycles. The molecule has 4 nitrogen and oxygen atoms in total. The molecule has 0 radical (unpaired) electrons. The molecule has 0 unspecified atom stereocenters. The number of rotatable bonds is 3. The molecule has 0 saturated heterocycles. The van der Waals surface area contributed by atoms with E-state index >= 15 is 0 Å². The summed E-state index contributed by atoms with van der Waals surface area (Å²) in [5, 5.41) is 14.3. The fourth-order valence-electron chi connectivity index (χ4n) is 1.87. The van der Waals surface area contributed by atoms with Gasteiger partial charge in [0.25, 0.3) is 5.89 Å². The van der Waals surface area contributed by atoms with E-state index in [0.29, 0.717) is 33.2 Å². The zero-order valence-electron chi connectivity index (χ0n) is 10.8. The van der Waals surface area contributed by atoms with Crippen molar-refractivity contribution in [1.29, 1.82) is 0 Å². The van der Waals surface area contributed by atoms with Crippen LogP contribution in [0.15, 0.2) is 51.5 Å². The average Bonchev–Trinajstić information content (AvgIpc) is 2.93. The molecule has 0 aliphatic rings. The maximum atomic E-state index is 9.68. The topological polar surface area (TPSA) is 59.2 Å². The van der Waals surface area contributed by atoms with Gasteiger partial charge in [0, 0.05) is 17.0 Å². The molecule has 0 bridgehead atoms. The number of benzene rings is 2. The van der Waals surface area contributed by atoms with Crippen molar-refractivity contribution in [2.75, 3.05) is 0 Å². The summed E-state index contributed by atoms with van der Waals surface area (Å²) in [4.78, 5) is 4.33. The summed E-state index contributed by atoms with van der Waals surface area (Å²) < 4.78 is 5.85. The fraction of sp³-hybridized carbons (Fsp3) is 0.0667. The Labute approximate surface area is 134 Å². The van der Waals surface area contributed by atoms with Crippen LogP contribution in [0.4, 0.5) is 0 Å². The van der Waals surface area contributed by atoms with Crippen molar-refractivity contribution in [3.05, 3.63) is 63.3 Å². The molecular weight excluding hydrogens is 356 g/mol. The summed E-state index contributed by atoms with van der Waals surface area (Å²) in [5.41, 5.74) is 1.72. The predicted octanol–water partition coefficient (Wildman–Crippen LogP) is 4.45. The molecule has 0 fully saturated rings. The first-order valence-corrected chi connectivity index (χ1v) is 7.35. The van der Waals surface area contributed by atoms with Crippen LogP contribution in [0, 0.1) is 0 Å². The van der Waals surface area contributed by atoms with Crippen molar-refractivity contribution in [2.45, 2.75) is 6.42 Å². The number of halogens is 2. The second-order valence-corrected chi connectivity index (χ2v) is 5.78. The van der Waals surface area contributed by atoms with Gasteiger partial charge in [-0.1, -0.05) is 28.9 Å². The third-order valence-corrected chi connectivity index (χ3v) is 3.86. The quantitative estimate of drug-likeness (QED) is 0.745. The molecular formula is C15H10BrClN2O2. The molecule has 6 heteroatoms. The second kappa shape index (κ2) is 5.87. The Morgan fingerprint density at radius 1 is 1.14 bits per heavy atom. The number of hydrogen-bond donors (Lipinski definition) is 1. The van der Waals surface area contributed by atoms with Gasteiger partial charge in [-0.15, -0.1) is 0 Å². The lowest BCUT2D eigenvalue weighted by Gasteiger charge is -1.98. The Bertz CT molecular complexity index is 772. The van der Waals surface area contributed by atoms with E-state index in [1.807, 2.05) is 24.3 Å². The number of nitrogens with zero attached hydrogens (tertiary/aromatic N) is 2. The Balaban J connectivity index is 1.82. The van der Waals surface area contributed by atoms with Gasteiger partial charge in [-0.3, -0.25) is 0 Å². The summed E-state index contributed by atoms with van der Waals surface area (Å²) in [6, 6.07) is 12.6. The molecule has 106 valence electrons. The van der Waals surface area contributed by atoms with Crippen LogP contribution in [-0.2, 0) is 6.42 Å². The summed E-state index contributed by atoms with van der Waals surface area (Å²) in [6.45, 7) is 0. The van der Waals surface area contributed by atoms with E-state index in [9.17, 15) is 5.11 Å². The predicted molar refractivity (Wildman–Crippen MR) is 83.4 cm³/mol. The van der Waals surface area contributed by atoms with Crippen molar-refractivity contribution in [3.63, 3.8) is 0 Å². The summed E-state index contributed by atoms with van der Waals surface area (Å²) in [7, 11) is 0. The smallest absolute Gasteiger partial charge is 0.258 e. The van der Waals surface area contributed by atoms with Gasteiger partial charge in [0.1, 0.15) is 5.75 Å². The first kappa shape index (κ1) is 14.1. The molecule has 1 aromatic heterocycles. The van der Waals surface area contributed by atoms with Gasteiger partial charge in [0.05, 0.1) is 4.47 Å². The van der Waals surface area contributed by atoms with Crippen molar-refractivity contribution in [2.24, 2.45) is 0 Å². The van der Waals surface area contributed by atoms with Crippen LogP contribution in [-0.4, -0.2) is 15.2 Å². The van der Waals surface area contributed by atoms with Gasteiger partial charge in [0.2, 0.25) is 0 Å². The van der Waals surface area contributed by atoms with E-state index < -0.39 is 0 Å². The molecule has 0 aliphatic carbocycles. The second-order valence-electron chi connectivity index (χ2n) is 4.49. The Morgan fingerprint density at radius 3 is 2.62 bits per heavy atom. The average molecular weight is 366 g/mol. The third-order valence-electron chi connectivity index (χ3n) is 2.94. The SMILES string of the molecule is Oc1cc(-c2nc(Cc3ccc(Cl)cc3)no2)ccc1Br. The summed E-state index contributed by atoms with van der Waals surface area (Å²) in [5.74, 6) is 1.08. The van der Waals surface area contributed by atoms with Crippen LogP contribution < -0.4 is 0 Å². The van der Waals surface area contributed by atoms with Crippen molar-refractivity contribution in [3.8, 4) is 17.2 Å². The standard InChI is InChI=1S/C15H10BrClN2O2/c16-12-6-3-10(8-13(12)20)15-18-14(19-21-15)7-9-1-4-11(17)5-2-9/h1-6,8,20H,7H2. The monoisotopic (exact) mass is 364 g/mol. The first-order valence-electron chi connectivity index (χ1n) is 6.18. The number of hydrogen-bond acceptors (Lipinski definition) is 4. The van der Waals surface area contributed by atoms with Crippen LogP contribution in [0.2, 0.25) is 5.02 Å². The Morgan fingerprint density at radius 2 is 1.90 bits per heavy atom. The molecule has 21 heavy (non-hydrogen) atoms. The van der Waals surface area contributed by atoms with Crippen LogP contribution in [0.25, 0.3) is 11.5 Å². The van der Waals surface area contributed by atoms with Crippen LogP contribution in [0.5, 0.6) is 5.75 Å². The van der Waals surface area contributed by atoms with Crippen molar-refractivity contribution < 1.29 is 9.63 Å². The Hall–Kier alpha value is -1.85. The lowest BCUT2D eigenvalue weighted by molar-refractivity contribution is 0.423. The van der Waals surface area contributed by atoms with E-state index in [1.165, 1.54) is 0 Å². The lowest BCUT2D eigenvalue weighted by Crippen LogP contribution is -1.90. The number of aromatic hydroxyl groups is 1. The van der Waals surface area contributed by atoms with Gasteiger partial charge in [-0.25, -0.2) is 0 Å². The molecule has 3 aromatic rings. The number of aromatic nitrogens is 2. The van der Waals surface area contributed by atoms with E-state index in [-0.39, 0.29) is 5.75 Å². The highest BCUT2D eigenvalue weighted by Crippen LogP contribution is 2.29. The Kier molecular flexibility index (Phi) is 3.94. The highest BCUT2D eigenvalue weighted by atomic mass is 79.9. The van der Waals surface area contributed by atoms with Crippen molar-refractivity contribution in [1.82, 2.24) is 10.1 Å². The molecule has 0 spiro atoms. The minimum Gasteiger partial charge on any atom is -0.507 e. The van der Waals surface area contributed by atoms with E-state index in [1.54, 1.807) is 18.2 Å². The van der Waals surface area contributed by atoms with E-state index in [2.05, 4.69) is 26.1 Å². The molecule has 2 aromatic carbocycles. The van der Waals surface area contributed by atoms with Gasteiger partial charge in [0.15, 0.2) is 5.82 Å². The highest BCUT2D eigenvalue weighted by Gasteiger charge is 2.11. The molecule has 1 N–H and O–H groups in total. The first-order chi connectivity index (χ1) is 10.1. The molecule has 3 rings (SSSR count). The number of phenolic OH excluding ortho intramolecular Hbond substituents is 1. The van der Waals surface area contributed by atoms with Gasteiger partial charge < -0.3 is 9.63 Å². The number of phenols is 1. The normalized spacial score (nSPS) is 10.8. The molecule has 0 atom stereocenters. The minimum atomic E-state index is 0.130.